The van der Waals surface area contributed by atoms with Crippen LogP contribution in [0.3, 0.4) is 0 Å². The summed E-state index contributed by atoms with van der Waals surface area (Å²) in [5.74, 6) is -0.309. The van der Waals surface area contributed by atoms with Gasteiger partial charge in [0.15, 0.2) is 0 Å². The molecule has 3 aromatic rings. The van der Waals surface area contributed by atoms with Gasteiger partial charge in [-0.2, -0.15) is 5.10 Å². The zero-order valence-electron chi connectivity index (χ0n) is 15.9. The number of fused-ring (bicyclic) bond motifs is 1. The molecular formula is C21H22N4O3. The molecule has 1 aromatic heterocycles. The molecule has 0 saturated heterocycles. The molecule has 2 amide bonds. The molecule has 7 nitrogen and oxygen atoms in total. The van der Waals surface area contributed by atoms with Crippen molar-refractivity contribution in [1.29, 1.82) is 0 Å². The second-order valence-corrected chi connectivity index (χ2v) is 6.29. The van der Waals surface area contributed by atoms with E-state index < -0.39 is 0 Å². The molecule has 0 unspecified atom stereocenters. The monoisotopic (exact) mass is 378 g/mol. The average molecular weight is 378 g/mol. The molecule has 7 heteroatoms. The van der Waals surface area contributed by atoms with Gasteiger partial charge >= 0.3 is 0 Å². The van der Waals surface area contributed by atoms with Crippen molar-refractivity contribution in [3.05, 3.63) is 70.5 Å². The van der Waals surface area contributed by atoms with Crippen molar-refractivity contribution in [2.24, 2.45) is 0 Å². The van der Waals surface area contributed by atoms with Gasteiger partial charge in [-0.3, -0.25) is 19.1 Å². The summed E-state index contributed by atoms with van der Waals surface area (Å²) in [5, 5.41) is 7.37. The summed E-state index contributed by atoms with van der Waals surface area (Å²) in [6.07, 6.45) is 1.21. The third-order valence-corrected chi connectivity index (χ3v) is 4.52. The number of carbonyl (C=O) groups excluding carboxylic acids is 2. The van der Waals surface area contributed by atoms with Gasteiger partial charge < -0.3 is 10.2 Å². The Morgan fingerprint density at radius 3 is 2.39 bits per heavy atom. The molecule has 0 spiro atoms. The smallest absolute Gasteiger partial charge is 0.253 e. The van der Waals surface area contributed by atoms with Crippen LogP contribution < -0.4 is 10.7 Å². The summed E-state index contributed by atoms with van der Waals surface area (Å²) in [5.41, 5.74) is 1.59. The largest absolute Gasteiger partial charge is 0.339 e. The Bertz CT molecular complexity index is 1050. The Kier molecular flexibility index (Phi) is 5.84. The highest BCUT2D eigenvalue weighted by molar-refractivity contribution is 5.96. The second kappa shape index (κ2) is 8.47. The van der Waals surface area contributed by atoms with E-state index in [1.807, 2.05) is 13.8 Å². The number of hydrogen-bond donors (Lipinski definition) is 1. The van der Waals surface area contributed by atoms with Crippen LogP contribution in [0.4, 0.5) is 5.69 Å². The molecule has 0 bridgehead atoms. The first-order valence-corrected chi connectivity index (χ1v) is 9.17. The number of rotatable bonds is 6. The van der Waals surface area contributed by atoms with Crippen molar-refractivity contribution in [2.75, 3.05) is 18.4 Å². The van der Waals surface area contributed by atoms with E-state index in [1.54, 1.807) is 53.4 Å². The molecule has 0 atom stereocenters. The number of hydrogen-bond acceptors (Lipinski definition) is 4. The van der Waals surface area contributed by atoms with Gasteiger partial charge in [0.2, 0.25) is 11.3 Å². The third kappa shape index (κ3) is 4.09. The van der Waals surface area contributed by atoms with Crippen molar-refractivity contribution in [3.63, 3.8) is 0 Å². The number of benzene rings is 2. The Hall–Kier alpha value is -3.48. The van der Waals surface area contributed by atoms with E-state index in [4.69, 9.17) is 0 Å². The zero-order valence-corrected chi connectivity index (χ0v) is 15.9. The molecule has 0 aliphatic heterocycles. The fraction of sp³-hybridized carbons (Fsp3) is 0.238. The Balaban J connectivity index is 1.71. The van der Waals surface area contributed by atoms with E-state index in [9.17, 15) is 14.4 Å². The maximum Gasteiger partial charge on any atom is 0.253 e. The van der Waals surface area contributed by atoms with Crippen LogP contribution in [0, 0.1) is 0 Å². The lowest BCUT2D eigenvalue weighted by Crippen LogP contribution is -2.30. The molecule has 0 radical (unpaired) electrons. The number of para-hydroxylation sites is 1. The number of nitrogens with one attached hydrogen (secondary N) is 1. The number of amides is 2. The normalized spacial score (nSPS) is 10.6. The Labute approximate surface area is 162 Å². The van der Waals surface area contributed by atoms with Gasteiger partial charge in [-0.25, -0.2) is 0 Å². The maximum absolute atomic E-state index is 12.4. The van der Waals surface area contributed by atoms with Crippen LogP contribution in [0.5, 0.6) is 0 Å². The molecule has 0 aliphatic rings. The molecule has 2 aromatic carbocycles. The maximum atomic E-state index is 12.4. The fourth-order valence-electron chi connectivity index (χ4n) is 3.01. The van der Waals surface area contributed by atoms with Crippen molar-refractivity contribution in [3.8, 4) is 0 Å². The highest BCUT2D eigenvalue weighted by atomic mass is 16.2. The number of nitrogens with zero attached hydrogens (tertiary/aromatic N) is 3. The van der Waals surface area contributed by atoms with Crippen LogP contribution >= 0.6 is 0 Å². The molecule has 0 aliphatic carbocycles. The highest BCUT2D eigenvalue weighted by Crippen LogP contribution is 2.13. The molecule has 144 valence electrons. The van der Waals surface area contributed by atoms with Crippen molar-refractivity contribution in [2.45, 2.75) is 20.4 Å². The molecule has 1 heterocycles. The van der Waals surface area contributed by atoms with Crippen LogP contribution in [0.15, 0.2) is 59.5 Å². The van der Waals surface area contributed by atoms with Crippen molar-refractivity contribution >= 4 is 28.4 Å². The van der Waals surface area contributed by atoms with Gasteiger partial charge in [-0.1, -0.05) is 12.1 Å². The summed E-state index contributed by atoms with van der Waals surface area (Å²) in [6, 6.07) is 13.8. The lowest BCUT2D eigenvalue weighted by Gasteiger charge is -2.18. The molecule has 0 fully saturated rings. The summed E-state index contributed by atoms with van der Waals surface area (Å²) in [4.78, 5) is 38.4. The highest BCUT2D eigenvalue weighted by Gasteiger charge is 2.13. The first kappa shape index (κ1) is 19.3. The third-order valence-electron chi connectivity index (χ3n) is 4.52. The Morgan fingerprint density at radius 1 is 1.04 bits per heavy atom. The summed E-state index contributed by atoms with van der Waals surface area (Å²) in [7, 11) is 0. The number of aromatic nitrogens is 2. The molecule has 3 rings (SSSR count). The summed E-state index contributed by atoms with van der Waals surface area (Å²) >= 11 is 0. The Morgan fingerprint density at radius 2 is 1.71 bits per heavy atom. The average Bonchev–Trinajstić information content (AvgIpc) is 2.71. The minimum Gasteiger partial charge on any atom is -0.339 e. The van der Waals surface area contributed by atoms with Crippen LogP contribution in [-0.2, 0) is 11.3 Å². The predicted molar refractivity (Wildman–Crippen MR) is 108 cm³/mol. The standard InChI is InChI=1S/C21H22N4O3/c1-3-24(4-2)21(28)15-9-11-16(12-10-15)23-20(27)14-25-18-8-6-5-7-17(18)19(26)13-22-25/h5-13H,3-4,14H2,1-2H3,(H,23,27). The quantitative estimate of drug-likeness (QED) is 0.714. The van der Waals surface area contributed by atoms with Gasteiger partial charge in [-0.05, 0) is 50.2 Å². The number of carbonyl (C=O) groups is 2. The van der Waals surface area contributed by atoms with Crippen LogP contribution in [0.2, 0.25) is 0 Å². The van der Waals surface area contributed by atoms with E-state index in [-0.39, 0.29) is 23.8 Å². The first-order valence-electron chi connectivity index (χ1n) is 9.17. The van der Waals surface area contributed by atoms with Crippen LogP contribution in [-0.4, -0.2) is 39.6 Å². The van der Waals surface area contributed by atoms with Crippen LogP contribution in [0.25, 0.3) is 10.9 Å². The van der Waals surface area contributed by atoms with E-state index >= 15 is 0 Å². The molecular weight excluding hydrogens is 356 g/mol. The fourth-order valence-corrected chi connectivity index (χ4v) is 3.01. The zero-order chi connectivity index (χ0) is 20.1. The minimum absolute atomic E-state index is 0.0269. The topological polar surface area (TPSA) is 84.3 Å². The van der Waals surface area contributed by atoms with Gasteiger partial charge in [0.05, 0.1) is 11.7 Å². The summed E-state index contributed by atoms with van der Waals surface area (Å²) < 4.78 is 1.49. The van der Waals surface area contributed by atoms with Gasteiger partial charge in [0, 0.05) is 29.7 Å². The lowest BCUT2D eigenvalue weighted by molar-refractivity contribution is -0.116. The van der Waals surface area contributed by atoms with Gasteiger partial charge in [0.1, 0.15) is 6.54 Å². The predicted octanol–water partition coefficient (Wildman–Crippen LogP) is 2.52. The second-order valence-electron chi connectivity index (χ2n) is 6.29. The first-order chi connectivity index (χ1) is 13.5. The van der Waals surface area contributed by atoms with Crippen LogP contribution in [0.1, 0.15) is 24.2 Å². The molecule has 0 saturated carbocycles. The SMILES string of the molecule is CCN(CC)C(=O)c1ccc(NC(=O)Cn2ncc(=O)c3ccccc32)cc1. The molecule has 1 N–H and O–H groups in total. The van der Waals surface area contributed by atoms with Crippen molar-refractivity contribution < 1.29 is 9.59 Å². The van der Waals surface area contributed by atoms with Crippen molar-refractivity contribution in [1.82, 2.24) is 14.7 Å². The minimum atomic E-state index is -0.274. The van der Waals surface area contributed by atoms with E-state index in [0.717, 1.165) is 0 Å². The van der Waals surface area contributed by atoms with Gasteiger partial charge in [0.25, 0.3) is 5.91 Å². The lowest BCUT2D eigenvalue weighted by atomic mass is 10.1. The van der Waals surface area contributed by atoms with E-state index in [0.29, 0.717) is 35.2 Å². The summed E-state index contributed by atoms with van der Waals surface area (Å²) in [6.45, 7) is 5.14. The number of anilines is 1. The van der Waals surface area contributed by atoms with E-state index in [1.165, 1.54) is 10.9 Å². The van der Waals surface area contributed by atoms with Gasteiger partial charge in [-0.15, -0.1) is 0 Å². The van der Waals surface area contributed by atoms with E-state index in [2.05, 4.69) is 10.4 Å². The molecule has 28 heavy (non-hydrogen) atoms.